The van der Waals surface area contributed by atoms with Crippen molar-refractivity contribution in [2.24, 2.45) is 0 Å². The molecule has 0 aliphatic carbocycles. The second kappa shape index (κ2) is 8.27. The van der Waals surface area contributed by atoms with E-state index in [1.165, 1.54) is 11.1 Å². The highest BCUT2D eigenvalue weighted by atomic mass is 16.5. The molecule has 0 radical (unpaired) electrons. The number of benzene rings is 1. The molecular weight excluding hydrogens is 314 g/mol. The minimum Gasteiger partial charge on any atom is -0.379 e. The number of hydrogen-bond donors (Lipinski definition) is 2. The number of anilines is 3. The molecule has 6 heteroatoms. The van der Waals surface area contributed by atoms with Gasteiger partial charge in [-0.1, -0.05) is 17.7 Å². The lowest BCUT2D eigenvalue weighted by Crippen LogP contribution is -2.39. The molecular formula is C19H27N5O. The van der Waals surface area contributed by atoms with Crippen LogP contribution in [0.5, 0.6) is 0 Å². The number of morpholine rings is 1. The number of ether oxygens (including phenoxy) is 1. The molecule has 25 heavy (non-hydrogen) atoms. The molecule has 1 fully saturated rings. The normalized spacial score (nSPS) is 15.2. The number of rotatable bonds is 6. The zero-order valence-electron chi connectivity index (χ0n) is 15.3. The molecule has 2 aromatic rings. The van der Waals surface area contributed by atoms with Crippen molar-refractivity contribution in [2.75, 3.05) is 50.0 Å². The molecule has 1 aromatic heterocycles. The van der Waals surface area contributed by atoms with Crippen molar-refractivity contribution in [3.8, 4) is 0 Å². The maximum atomic E-state index is 5.37. The van der Waals surface area contributed by atoms with Crippen molar-refractivity contribution in [1.29, 1.82) is 0 Å². The maximum Gasteiger partial charge on any atom is 0.224 e. The van der Waals surface area contributed by atoms with Gasteiger partial charge in [-0.05, 0) is 32.4 Å². The van der Waals surface area contributed by atoms with Crippen molar-refractivity contribution in [2.45, 2.75) is 20.8 Å². The van der Waals surface area contributed by atoms with Gasteiger partial charge >= 0.3 is 0 Å². The largest absolute Gasteiger partial charge is 0.379 e. The molecule has 6 nitrogen and oxygen atoms in total. The highest BCUT2D eigenvalue weighted by Crippen LogP contribution is 2.21. The summed E-state index contributed by atoms with van der Waals surface area (Å²) in [5.74, 6) is 1.48. The topological polar surface area (TPSA) is 62.3 Å². The maximum absolute atomic E-state index is 5.37. The molecule has 0 unspecified atom stereocenters. The summed E-state index contributed by atoms with van der Waals surface area (Å²) >= 11 is 0. The number of aromatic nitrogens is 2. The average molecular weight is 341 g/mol. The quantitative estimate of drug-likeness (QED) is 0.842. The van der Waals surface area contributed by atoms with E-state index < -0.39 is 0 Å². The van der Waals surface area contributed by atoms with Crippen LogP contribution in [0, 0.1) is 20.8 Å². The van der Waals surface area contributed by atoms with Gasteiger partial charge in [-0.3, -0.25) is 4.90 Å². The van der Waals surface area contributed by atoms with Gasteiger partial charge in [0.15, 0.2) is 0 Å². The van der Waals surface area contributed by atoms with Gasteiger partial charge in [-0.15, -0.1) is 0 Å². The van der Waals surface area contributed by atoms with Crippen molar-refractivity contribution in [1.82, 2.24) is 14.9 Å². The fourth-order valence-electron chi connectivity index (χ4n) is 2.95. The summed E-state index contributed by atoms with van der Waals surface area (Å²) in [5.41, 5.74) is 4.48. The minimum atomic E-state index is 0.667. The highest BCUT2D eigenvalue weighted by molar-refractivity contribution is 5.61. The molecule has 2 heterocycles. The van der Waals surface area contributed by atoms with Crippen molar-refractivity contribution in [3.63, 3.8) is 0 Å². The molecule has 1 aromatic carbocycles. The van der Waals surface area contributed by atoms with E-state index >= 15 is 0 Å². The van der Waals surface area contributed by atoms with Crippen LogP contribution in [0.15, 0.2) is 24.3 Å². The average Bonchev–Trinajstić information content (AvgIpc) is 2.58. The van der Waals surface area contributed by atoms with Crippen molar-refractivity contribution < 1.29 is 4.74 Å². The summed E-state index contributed by atoms with van der Waals surface area (Å²) in [6.07, 6.45) is 0. The standard InChI is InChI=1S/C19H27N5O/c1-14-4-5-17(15(2)12-14)22-18-13-16(3)21-19(23-18)20-6-7-24-8-10-25-11-9-24/h4-5,12-13H,6-11H2,1-3H3,(H2,20,21,22,23). The third kappa shape index (κ3) is 5.14. The van der Waals surface area contributed by atoms with E-state index in [-0.39, 0.29) is 0 Å². The van der Waals surface area contributed by atoms with Crippen LogP contribution in [0.1, 0.15) is 16.8 Å². The van der Waals surface area contributed by atoms with Gasteiger partial charge in [0.25, 0.3) is 0 Å². The van der Waals surface area contributed by atoms with Crippen LogP contribution < -0.4 is 10.6 Å². The van der Waals surface area contributed by atoms with Crippen LogP contribution in [0.4, 0.5) is 17.5 Å². The fraction of sp³-hybridized carbons (Fsp3) is 0.474. The van der Waals surface area contributed by atoms with Gasteiger partial charge < -0.3 is 15.4 Å². The fourth-order valence-corrected chi connectivity index (χ4v) is 2.95. The third-order valence-electron chi connectivity index (χ3n) is 4.31. The first-order chi connectivity index (χ1) is 12.1. The molecule has 1 saturated heterocycles. The van der Waals surface area contributed by atoms with Crippen LogP contribution >= 0.6 is 0 Å². The number of hydrogen-bond acceptors (Lipinski definition) is 6. The first-order valence-corrected chi connectivity index (χ1v) is 8.84. The van der Waals surface area contributed by atoms with Crippen LogP contribution in [-0.4, -0.2) is 54.3 Å². The third-order valence-corrected chi connectivity index (χ3v) is 4.31. The van der Waals surface area contributed by atoms with Crippen molar-refractivity contribution >= 4 is 17.5 Å². The molecule has 3 rings (SSSR count). The molecule has 0 saturated carbocycles. The molecule has 0 atom stereocenters. The summed E-state index contributed by atoms with van der Waals surface area (Å²) in [6.45, 7) is 11.6. The molecule has 1 aliphatic rings. The lowest BCUT2D eigenvalue weighted by Gasteiger charge is -2.26. The Morgan fingerprint density at radius 2 is 1.88 bits per heavy atom. The second-order valence-corrected chi connectivity index (χ2v) is 6.54. The van der Waals surface area contributed by atoms with Crippen LogP contribution in [-0.2, 0) is 4.74 Å². The molecule has 134 valence electrons. The van der Waals surface area contributed by atoms with E-state index in [2.05, 4.69) is 57.5 Å². The summed E-state index contributed by atoms with van der Waals surface area (Å²) in [7, 11) is 0. The smallest absolute Gasteiger partial charge is 0.224 e. The highest BCUT2D eigenvalue weighted by Gasteiger charge is 2.10. The predicted octanol–water partition coefficient (Wildman–Crippen LogP) is 2.89. The van der Waals surface area contributed by atoms with Gasteiger partial charge in [-0.2, -0.15) is 4.98 Å². The first-order valence-electron chi connectivity index (χ1n) is 8.84. The molecule has 0 spiro atoms. The Labute approximate surface area is 149 Å². The van der Waals surface area contributed by atoms with E-state index in [1.54, 1.807) is 0 Å². The molecule has 0 bridgehead atoms. The monoisotopic (exact) mass is 341 g/mol. The Morgan fingerprint density at radius 1 is 1.08 bits per heavy atom. The Kier molecular flexibility index (Phi) is 5.83. The van der Waals surface area contributed by atoms with E-state index in [4.69, 9.17) is 4.74 Å². The van der Waals surface area contributed by atoms with Gasteiger partial charge in [0.1, 0.15) is 5.82 Å². The zero-order valence-corrected chi connectivity index (χ0v) is 15.3. The zero-order chi connectivity index (χ0) is 17.6. The number of nitrogens with zero attached hydrogens (tertiary/aromatic N) is 3. The van der Waals surface area contributed by atoms with Gasteiger partial charge in [0.05, 0.1) is 13.2 Å². The Balaban J connectivity index is 1.61. The molecule has 1 aliphatic heterocycles. The Hall–Kier alpha value is -2.18. The van der Waals surface area contributed by atoms with E-state index in [1.807, 2.05) is 13.0 Å². The van der Waals surface area contributed by atoms with E-state index in [0.29, 0.717) is 5.95 Å². The van der Waals surface area contributed by atoms with Crippen LogP contribution in [0.3, 0.4) is 0 Å². The van der Waals surface area contributed by atoms with Crippen LogP contribution in [0.2, 0.25) is 0 Å². The predicted molar refractivity (Wildman–Crippen MR) is 102 cm³/mol. The molecule has 0 amide bonds. The summed E-state index contributed by atoms with van der Waals surface area (Å²) < 4.78 is 5.37. The summed E-state index contributed by atoms with van der Waals surface area (Å²) in [5, 5.41) is 6.74. The Morgan fingerprint density at radius 3 is 2.64 bits per heavy atom. The second-order valence-electron chi connectivity index (χ2n) is 6.54. The van der Waals surface area contributed by atoms with E-state index in [0.717, 1.165) is 56.6 Å². The summed E-state index contributed by atoms with van der Waals surface area (Å²) in [6, 6.07) is 8.32. The SMILES string of the molecule is Cc1ccc(Nc2cc(C)nc(NCCN3CCOCC3)n2)c(C)c1. The first kappa shape index (κ1) is 17.6. The summed E-state index contributed by atoms with van der Waals surface area (Å²) in [4.78, 5) is 11.5. The van der Waals surface area contributed by atoms with Gasteiger partial charge in [0.2, 0.25) is 5.95 Å². The Bertz CT molecular complexity index is 713. The molecule has 2 N–H and O–H groups in total. The van der Waals surface area contributed by atoms with Gasteiger partial charge in [-0.25, -0.2) is 4.98 Å². The van der Waals surface area contributed by atoms with Crippen LogP contribution in [0.25, 0.3) is 0 Å². The lowest BCUT2D eigenvalue weighted by molar-refractivity contribution is 0.0398. The minimum absolute atomic E-state index is 0.667. The number of nitrogens with one attached hydrogen (secondary N) is 2. The van der Waals surface area contributed by atoms with Gasteiger partial charge in [0, 0.05) is 43.6 Å². The van der Waals surface area contributed by atoms with E-state index in [9.17, 15) is 0 Å². The van der Waals surface area contributed by atoms with Crippen molar-refractivity contribution in [3.05, 3.63) is 41.1 Å². The number of aryl methyl sites for hydroxylation is 3. The lowest BCUT2D eigenvalue weighted by atomic mass is 10.1.